The van der Waals surface area contributed by atoms with Gasteiger partial charge in [-0.2, -0.15) is 0 Å². The van der Waals surface area contributed by atoms with Crippen molar-refractivity contribution in [3.63, 3.8) is 0 Å². The van der Waals surface area contributed by atoms with Crippen LogP contribution in [0.1, 0.15) is 41.0 Å². The molecule has 13 heavy (non-hydrogen) atoms. The second kappa shape index (κ2) is 6.01. The lowest BCUT2D eigenvalue weighted by Gasteiger charge is -2.17. The van der Waals surface area contributed by atoms with Crippen molar-refractivity contribution in [2.75, 3.05) is 0 Å². The predicted molar refractivity (Wildman–Crippen MR) is 61.7 cm³/mol. The van der Waals surface area contributed by atoms with E-state index in [0.717, 1.165) is 6.42 Å². The molecular weight excluding hydrogens is 156 g/mol. The molecule has 0 fully saturated rings. The molecule has 0 aromatic heterocycles. The normalized spacial score (nSPS) is 15.2. The second-order valence-corrected chi connectivity index (χ2v) is 4.50. The fraction of sp³-hybridized carbons (Fsp3) is 0.692. The van der Waals surface area contributed by atoms with Gasteiger partial charge in [-0.25, -0.2) is 0 Å². The average Bonchev–Trinajstić information content (AvgIpc) is 2.03. The van der Waals surface area contributed by atoms with Gasteiger partial charge in [0.05, 0.1) is 0 Å². The Morgan fingerprint density at radius 3 is 2.08 bits per heavy atom. The first kappa shape index (κ1) is 12.5. The molecule has 0 radical (unpaired) electrons. The number of rotatable bonds is 5. The van der Waals surface area contributed by atoms with Gasteiger partial charge in [-0.1, -0.05) is 45.4 Å². The van der Waals surface area contributed by atoms with Crippen LogP contribution in [0.25, 0.3) is 0 Å². The summed E-state index contributed by atoms with van der Waals surface area (Å²) in [6, 6.07) is 0. The van der Waals surface area contributed by atoms with Gasteiger partial charge in [-0.05, 0) is 31.1 Å². The third-order valence-corrected chi connectivity index (χ3v) is 2.68. The highest BCUT2D eigenvalue weighted by Crippen LogP contribution is 2.21. The van der Waals surface area contributed by atoms with E-state index in [2.05, 4.69) is 47.3 Å². The van der Waals surface area contributed by atoms with E-state index in [1.54, 1.807) is 0 Å². The number of hydrogen-bond donors (Lipinski definition) is 0. The maximum atomic E-state index is 3.81. The number of allylic oxidation sites excluding steroid dienone is 3. The quantitative estimate of drug-likeness (QED) is 0.549. The minimum atomic E-state index is 0.667. The lowest BCUT2D eigenvalue weighted by Crippen LogP contribution is -2.06. The summed E-state index contributed by atoms with van der Waals surface area (Å²) >= 11 is 0. The minimum Gasteiger partial charge on any atom is -0.103 e. The van der Waals surface area contributed by atoms with Gasteiger partial charge in [-0.3, -0.25) is 0 Å². The molecule has 0 aliphatic rings. The SMILES string of the molecule is C=CCC(/C=C(\C)C(C)C)C(C)C. The molecule has 0 N–H and O–H groups in total. The lowest BCUT2D eigenvalue weighted by molar-refractivity contribution is 0.465. The summed E-state index contributed by atoms with van der Waals surface area (Å²) in [6.07, 6.45) is 5.54. The van der Waals surface area contributed by atoms with Crippen molar-refractivity contribution in [3.8, 4) is 0 Å². The van der Waals surface area contributed by atoms with Gasteiger partial charge in [0.15, 0.2) is 0 Å². The topological polar surface area (TPSA) is 0 Å². The highest BCUT2D eigenvalue weighted by atomic mass is 14.1. The molecule has 1 unspecified atom stereocenters. The van der Waals surface area contributed by atoms with Crippen LogP contribution in [0.15, 0.2) is 24.3 Å². The molecule has 0 bridgehead atoms. The van der Waals surface area contributed by atoms with Gasteiger partial charge in [-0.15, -0.1) is 6.58 Å². The number of hydrogen-bond acceptors (Lipinski definition) is 0. The largest absolute Gasteiger partial charge is 0.103 e. The van der Waals surface area contributed by atoms with Crippen LogP contribution in [0.2, 0.25) is 0 Å². The van der Waals surface area contributed by atoms with E-state index in [1.807, 2.05) is 6.08 Å². The second-order valence-electron chi connectivity index (χ2n) is 4.50. The molecule has 0 spiro atoms. The molecule has 1 atom stereocenters. The van der Waals surface area contributed by atoms with Crippen molar-refractivity contribution in [2.45, 2.75) is 41.0 Å². The average molecular weight is 180 g/mol. The van der Waals surface area contributed by atoms with E-state index in [4.69, 9.17) is 0 Å². The highest BCUT2D eigenvalue weighted by Gasteiger charge is 2.09. The molecule has 0 aliphatic carbocycles. The Kier molecular flexibility index (Phi) is 5.77. The van der Waals surface area contributed by atoms with E-state index in [9.17, 15) is 0 Å². The maximum absolute atomic E-state index is 3.81. The van der Waals surface area contributed by atoms with E-state index < -0.39 is 0 Å². The standard InChI is InChI=1S/C13H24/c1-7-8-13(11(4)5)9-12(6)10(2)3/h7,9-11,13H,1,8H2,2-6H3/b12-9+. The summed E-state index contributed by atoms with van der Waals surface area (Å²) in [5.41, 5.74) is 1.50. The Bertz CT molecular complexity index is 172. The van der Waals surface area contributed by atoms with Crippen molar-refractivity contribution < 1.29 is 0 Å². The van der Waals surface area contributed by atoms with Crippen LogP contribution in [0.3, 0.4) is 0 Å². The zero-order valence-electron chi connectivity index (χ0n) is 9.80. The van der Waals surface area contributed by atoms with Crippen LogP contribution in [0.5, 0.6) is 0 Å². The Morgan fingerprint density at radius 1 is 1.23 bits per heavy atom. The van der Waals surface area contributed by atoms with Gasteiger partial charge in [0.2, 0.25) is 0 Å². The lowest BCUT2D eigenvalue weighted by atomic mass is 9.88. The third kappa shape index (κ3) is 4.92. The summed E-state index contributed by atoms with van der Waals surface area (Å²) in [5, 5.41) is 0. The van der Waals surface area contributed by atoms with E-state index in [1.165, 1.54) is 5.57 Å². The molecule has 0 saturated carbocycles. The smallest absolute Gasteiger partial charge is 0.0173 e. The van der Waals surface area contributed by atoms with Crippen LogP contribution in [-0.2, 0) is 0 Å². The Morgan fingerprint density at radius 2 is 1.77 bits per heavy atom. The monoisotopic (exact) mass is 180 g/mol. The van der Waals surface area contributed by atoms with Crippen molar-refractivity contribution in [1.29, 1.82) is 0 Å². The maximum Gasteiger partial charge on any atom is -0.0173 e. The van der Waals surface area contributed by atoms with Gasteiger partial charge >= 0.3 is 0 Å². The molecule has 0 aromatic rings. The van der Waals surface area contributed by atoms with Gasteiger partial charge in [0, 0.05) is 0 Å². The first-order valence-electron chi connectivity index (χ1n) is 5.28. The van der Waals surface area contributed by atoms with Crippen molar-refractivity contribution in [3.05, 3.63) is 24.3 Å². The van der Waals surface area contributed by atoms with Gasteiger partial charge in [0.1, 0.15) is 0 Å². The Balaban J connectivity index is 4.39. The Labute approximate surface area is 83.7 Å². The summed E-state index contributed by atoms with van der Waals surface area (Å²) in [4.78, 5) is 0. The van der Waals surface area contributed by atoms with Crippen LogP contribution in [0.4, 0.5) is 0 Å². The van der Waals surface area contributed by atoms with E-state index >= 15 is 0 Å². The molecule has 0 aromatic carbocycles. The zero-order valence-corrected chi connectivity index (χ0v) is 9.80. The third-order valence-electron chi connectivity index (χ3n) is 2.68. The van der Waals surface area contributed by atoms with Gasteiger partial charge in [0.25, 0.3) is 0 Å². The first-order valence-corrected chi connectivity index (χ1v) is 5.28. The van der Waals surface area contributed by atoms with Crippen molar-refractivity contribution in [2.24, 2.45) is 17.8 Å². The molecule has 0 amide bonds. The van der Waals surface area contributed by atoms with Gasteiger partial charge < -0.3 is 0 Å². The molecule has 0 rings (SSSR count). The molecule has 0 saturated heterocycles. The zero-order chi connectivity index (χ0) is 10.4. The summed E-state index contributed by atoms with van der Waals surface area (Å²) < 4.78 is 0. The molecule has 76 valence electrons. The summed E-state index contributed by atoms with van der Waals surface area (Å²) in [5.74, 6) is 2.05. The predicted octanol–water partition coefficient (Wildman–Crippen LogP) is 4.44. The summed E-state index contributed by atoms with van der Waals surface area (Å²) in [7, 11) is 0. The summed E-state index contributed by atoms with van der Waals surface area (Å²) in [6.45, 7) is 15.1. The van der Waals surface area contributed by atoms with Crippen LogP contribution >= 0.6 is 0 Å². The van der Waals surface area contributed by atoms with Crippen LogP contribution in [-0.4, -0.2) is 0 Å². The van der Waals surface area contributed by atoms with E-state index in [-0.39, 0.29) is 0 Å². The Hall–Kier alpha value is -0.520. The van der Waals surface area contributed by atoms with E-state index in [0.29, 0.717) is 17.8 Å². The highest BCUT2D eigenvalue weighted by molar-refractivity contribution is 5.05. The first-order chi connectivity index (χ1) is 5.99. The van der Waals surface area contributed by atoms with Crippen LogP contribution in [0, 0.1) is 17.8 Å². The molecule has 0 nitrogen and oxygen atoms in total. The molecule has 0 heteroatoms. The fourth-order valence-electron chi connectivity index (χ4n) is 1.26. The van der Waals surface area contributed by atoms with Crippen LogP contribution < -0.4 is 0 Å². The van der Waals surface area contributed by atoms with Crippen molar-refractivity contribution in [1.82, 2.24) is 0 Å². The van der Waals surface area contributed by atoms with Crippen molar-refractivity contribution >= 4 is 0 Å². The molecule has 0 aliphatic heterocycles. The molecule has 0 heterocycles. The molecular formula is C13H24. The minimum absolute atomic E-state index is 0.667. The fourth-order valence-corrected chi connectivity index (χ4v) is 1.26.